The van der Waals surface area contributed by atoms with Gasteiger partial charge in [0.05, 0.1) is 5.69 Å². The van der Waals surface area contributed by atoms with Crippen molar-refractivity contribution in [3.8, 4) is 17.1 Å². The molecule has 1 aliphatic rings. The van der Waals surface area contributed by atoms with Gasteiger partial charge in [0.25, 0.3) is 5.91 Å². The lowest BCUT2D eigenvalue weighted by Crippen LogP contribution is -2.36. The van der Waals surface area contributed by atoms with E-state index in [1.165, 1.54) is 6.42 Å². The zero-order chi connectivity index (χ0) is 20.4. The average molecular weight is 409 g/mol. The van der Waals surface area contributed by atoms with Crippen LogP contribution in [0.5, 0.6) is 0 Å². The molecule has 1 aromatic heterocycles. The van der Waals surface area contributed by atoms with Gasteiger partial charge in [0.2, 0.25) is 5.82 Å². The summed E-state index contributed by atoms with van der Waals surface area (Å²) in [4.78, 5) is 17.5. The lowest BCUT2D eigenvalue weighted by molar-refractivity contribution is 0.0917. The Morgan fingerprint density at radius 2 is 1.90 bits per heavy atom. The molecule has 29 heavy (non-hydrogen) atoms. The molecule has 0 unspecified atom stereocenters. The summed E-state index contributed by atoms with van der Waals surface area (Å²) in [6.45, 7) is 4.03. The van der Waals surface area contributed by atoms with Crippen molar-refractivity contribution in [2.45, 2.75) is 52.0 Å². The fraction of sp³-hybridized carbons (Fsp3) is 0.348. The summed E-state index contributed by atoms with van der Waals surface area (Å²) in [6, 6.07) is 13.9. The molecule has 1 fully saturated rings. The Kier molecular flexibility index (Phi) is 5.67. The van der Waals surface area contributed by atoms with E-state index in [2.05, 4.69) is 15.4 Å². The van der Waals surface area contributed by atoms with Crippen LogP contribution in [0, 0.1) is 13.8 Å². The van der Waals surface area contributed by atoms with Gasteiger partial charge in [-0.25, -0.2) is 9.67 Å². The summed E-state index contributed by atoms with van der Waals surface area (Å²) >= 11 is 6.25. The fourth-order valence-corrected chi connectivity index (χ4v) is 4.02. The van der Waals surface area contributed by atoms with Crippen molar-refractivity contribution in [3.63, 3.8) is 0 Å². The number of carbonyl (C=O) groups excluding carboxylic acids is 1. The van der Waals surface area contributed by atoms with E-state index in [0.29, 0.717) is 10.8 Å². The third kappa shape index (κ3) is 4.35. The van der Waals surface area contributed by atoms with Crippen molar-refractivity contribution < 1.29 is 4.79 Å². The van der Waals surface area contributed by atoms with Gasteiger partial charge in [-0.15, -0.1) is 5.10 Å². The van der Waals surface area contributed by atoms with Crippen LogP contribution in [0.25, 0.3) is 17.1 Å². The standard InChI is InChI=1S/C23H25ClN4O/c1-15-7-6-8-17(13-15)22-26-21(23(29)25-19-9-4-3-5-10-19)27-28(22)20-14-18(24)12-11-16(20)2/h6-8,11-14,19H,3-5,9-10H2,1-2H3,(H,25,29). The number of benzene rings is 2. The minimum Gasteiger partial charge on any atom is -0.347 e. The van der Waals surface area contributed by atoms with Crippen molar-refractivity contribution in [1.29, 1.82) is 0 Å². The summed E-state index contributed by atoms with van der Waals surface area (Å²) in [5.74, 6) is 0.601. The van der Waals surface area contributed by atoms with E-state index < -0.39 is 0 Å². The molecule has 1 amide bonds. The van der Waals surface area contributed by atoms with Gasteiger partial charge in [-0.05, 0) is 50.5 Å². The van der Waals surface area contributed by atoms with Crippen molar-refractivity contribution in [2.24, 2.45) is 0 Å². The number of amides is 1. The van der Waals surface area contributed by atoms with E-state index in [-0.39, 0.29) is 17.8 Å². The van der Waals surface area contributed by atoms with Gasteiger partial charge < -0.3 is 5.32 Å². The van der Waals surface area contributed by atoms with Gasteiger partial charge >= 0.3 is 0 Å². The molecule has 5 nitrogen and oxygen atoms in total. The minimum absolute atomic E-state index is 0.187. The van der Waals surface area contributed by atoms with E-state index >= 15 is 0 Å². The first-order chi connectivity index (χ1) is 14.0. The van der Waals surface area contributed by atoms with E-state index in [0.717, 1.165) is 48.1 Å². The van der Waals surface area contributed by atoms with Crippen molar-refractivity contribution in [3.05, 3.63) is 64.4 Å². The first-order valence-electron chi connectivity index (χ1n) is 10.1. The number of hydrogen-bond donors (Lipinski definition) is 1. The molecule has 1 saturated carbocycles. The van der Waals surface area contributed by atoms with Crippen LogP contribution in [0.3, 0.4) is 0 Å². The number of halogens is 1. The first kappa shape index (κ1) is 19.6. The Morgan fingerprint density at radius 3 is 2.66 bits per heavy atom. The molecule has 0 atom stereocenters. The largest absolute Gasteiger partial charge is 0.347 e. The molecule has 4 rings (SSSR count). The lowest BCUT2D eigenvalue weighted by atomic mass is 9.95. The Balaban J connectivity index is 1.76. The van der Waals surface area contributed by atoms with Crippen molar-refractivity contribution in [2.75, 3.05) is 0 Å². The number of nitrogens with one attached hydrogen (secondary N) is 1. The van der Waals surface area contributed by atoms with E-state index in [1.807, 2.05) is 56.3 Å². The molecular weight excluding hydrogens is 384 g/mol. The Bertz CT molecular complexity index is 1040. The normalized spacial score (nSPS) is 14.7. The van der Waals surface area contributed by atoms with Gasteiger partial charge in [-0.1, -0.05) is 60.7 Å². The average Bonchev–Trinajstić information content (AvgIpc) is 3.16. The van der Waals surface area contributed by atoms with E-state index in [9.17, 15) is 4.79 Å². The molecule has 0 spiro atoms. The summed E-state index contributed by atoms with van der Waals surface area (Å²) < 4.78 is 1.73. The summed E-state index contributed by atoms with van der Waals surface area (Å²) in [7, 11) is 0. The zero-order valence-corrected chi connectivity index (χ0v) is 17.5. The third-order valence-corrected chi connectivity index (χ3v) is 5.66. The molecule has 0 saturated heterocycles. The quantitative estimate of drug-likeness (QED) is 0.639. The second kappa shape index (κ2) is 8.37. The fourth-order valence-electron chi connectivity index (χ4n) is 3.85. The van der Waals surface area contributed by atoms with Gasteiger partial charge in [-0.2, -0.15) is 0 Å². The summed E-state index contributed by atoms with van der Waals surface area (Å²) in [5, 5.41) is 8.32. The van der Waals surface area contributed by atoms with Crippen LogP contribution in [0.1, 0.15) is 53.8 Å². The molecule has 0 aliphatic heterocycles. The second-order valence-corrected chi connectivity index (χ2v) is 8.22. The Hall–Kier alpha value is -2.66. The highest BCUT2D eigenvalue weighted by Crippen LogP contribution is 2.26. The van der Waals surface area contributed by atoms with Gasteiger partial charge in [0, 0.05) is 16.6 Å². The van der Waals surface area contributed by atoms with Crippen molar-refractivity contribution >= 4 is 17.5 Å². The molecule has 1 N–H and O–H groups in total. The minimum atomic E-state index is -0.218. The van der Waals surface area contributed by atoms with E-state index in [1.54, 1.807) is 4.68 Å². The Morgan fingerprint density at radius 1 is 1.10 bits per heavy atom. The monoisotopic (exact) mass is 408 g/mol. The smallest absolute Gasteiger partial charge is 0.291 e. The first-order valence-corrected chi connectivity index (χ1v) is 10.5. The van der Waals surface area contributed by atoms with Crippen LogP contribution in [-0.4, -0.2) is 26.7 Å². The molecule has 0 bridgehead atoms. The van der Waals surface area contributed by atoms with Gasteiger partial charge in [0.1, 0.15) is 0 Å². The predicted octanol–water partition coefficient (Wildman–Crippen LogP) is 5.27. The highest BCUT2D eigenvalue weighted by atomic mass is 35.5. The molecule has 1 heterocycles. The molecule has 6 heteroatoms. The Labute approximate surface area is 176 Å². The van der Waals surface area contributed by atoms with Crippen LogP contribution in [-0.2, 0) is 0 Å². The SMILES string of the molecule is Cc1cccc(-c2nc(C(=O)NC3CCCCC3)nn2-c2cc(Cl)ccc2C)c1. The molecule has 3 aromatic rings. The predicted molar refractivity (Wildman–Crippen MR) is 116 cm³/mol. The maximum atomic E-state index is 12.9. The van der Waals surface area contributed by atoms with Crippen LogP contribution in [0.2, 0.25) is 5.02 Å². The molecular formula is C23H25ClN4O. The maximum absolute atomic E-state index is 12.9. The highest BCUT2D eigenvalue weighted by Gasteiger charge is 2.23. The number of nitrogens with zero attached hydrogens (tertiary/aromatic N) is 3. The van der Waals surface area contributed by atoms with Crippen LogP contribution in [0.4, 0.5) is 0 Å². The topological polar surface area (TPSA) is 59.8 Å². The van der Waals surface area contributed by atoms with Gasteiger partial charge in [-0.3, -0.25) is 4.79 Å². The van der Waals surface area contributed by atoms with E-state index in [4.69, 9.17) is 11.6 Å². The van der Waals surface area contributed by atoms with Crippen LogP contribution < -0.4 is 5.32 Å². The second-order valence-electron chi connectivity index (χ2n) is 7.78. The highest BCUT2D eigenvalue weighted by molar-refractivity contribution is 6.30. The lowest BCUT2D eigenvalue weighted by Gasteiger charge is -2.21. The molecule has 1 aliphatic carbocycles. The number of aryl methyl sites for hydroxylation is 2. The third-order valence-electron chi connectivity index (χ3n) is 5.43. The summed E-state index contributed by atoms with van der Waals surface area (Å²) in [6.07, 6.45) is 5.59. The number of hydrogen-bond acceptors (Lipinski definition) is 3. The number of aromatic nitrogens is 3. The van der Waals surface area contributed by atoms with Crippen molar-refractivity contribution in [1.82, 2.24) is 20.1 Å². The molecule has 150 valence electrons. The summed E-state index contributed by atoms with van der Waals surface area (Å²) in [5.41, 5.74) is 3.85. The zero-order valence-electron chi connectivity index (χ0n) is 16.8. The molecule has 0 radical (unpaired) electrons. The maximum Gasteiger partial charge on any atom is 0.291 e. The van der Waals surface area contributed by atoms with Crippen LogP contribution in [0.15, 0.2) is 42.5 Å². The van der Waals surface area contributed by atoms with Gasteiger partial charge in [0.15, 0.2) is 5.82 Å². The van der Waals surface area contributed by atoms with Crippen LogP contribution >= 0.6 is 11.6 Å². The number of rotatable bonds is 4. The molecule has 2 aromatic carbocycles. The number of carbonyl (C=O) groups is 1.